The first-order chi connectivity index (χ1) is 8.70. The Labute approximate surface area is 115 Å². The molecule has 1 saturated heterocycles. The van der Waals surface area contributed by atoms with Crippen molar-refractivity contribution in [3.63, 3.8) is 0 Å². The molecule has 0 aromatic rings. The molecule has 110 valence electrons. The Morgan fingerprint density at radius 1 is 1.37 bits per heavy atom. The number of carbonyl (C=O) groups is 2. The highest BCUT2D eigenvalue weighted by Gasteiger charge is 2.47. The highest BCUT2D eigenvalue weighted by atomic mass is 16.5. The molecule has 1 aliphatic heterocycles. The predicted octanol–water partition coefficient (Wildman–Crippen LogP) is 1.32. The van der Waals surface area contributed by atoms with Crippen LogP contribution in [-0.4, -0.2) is 47.6 Å². The minimum absolute atomic E-state index is 0.0217. The van der Waals surface area contributed by atoms with E-state index in [9.17, 15) is 9.59 Å². The van der Waals surface area contributed by atoms with Crippen LogP contribution in [0.3, 0.4) is 0 Å². The van der Waals surface area contributed by atoms with E-state index in [0.717, 1.165) is 0 Å². The SMILES string of the molecule is CCC1C(=O)NC(C)(CC)C(=O)N1CC(C)(C)OC. The summed E-state index contributed by atoms with van der Waals surface area (Å²) in [5.41, 5.74) is -1.26. The van der Waals surface area contributed by atoms with Gasteiger partial charge >= 0.3 is 0 Å². The fourth-order valence-electron chi connectivity index (χ4n) is 2.31. The number of hydrogen-bond donors (Lipinski definition) is 1. The van der Waals surface area contributed by atoms with Gasteiger partial charge in [-0.1, -0.05) is 13.8 Å². The Kier molecular flexibility index (Phi) is 4.61. The van der Waals surface area contributed by atoms with E-state index in [4.69, 9.17) is 4.74 Å². The highest BCUT2D eigenvalue weighted by molar-refractivity contribution is 5.99. The fraction of sp³-hybridized carbons (Fsp3) is 0.857. The van der Waals surface area contributed by atoms with Gasteiger partial charge in [0.25, 0.3) is 0 Å². The molecule has 2 unspecified atom stereocenters. The van der Waals surface area contributed by atoms with E-state index in [-0.39, 0.29) is 11.8 Å². The predicted molar refractivity (Wildman–Crippen MR) is 73.7 cm³/mol. The summed E-state index contributed by atoms with van der Waals surface area (Å²) in [7, 11) is 1.62. The summed E-state index contributed by atoms with van der Waals surface area (Å²) in [5.74, 6) is -0.0927. The standard InChI is InChI=1S/C14H26N2O3/c1-7-10-11(17)15-14(5,8-2)12(18)16(10)9-13(3,4)19-6/h10H,7-9H2,1-6H3,(H,15,17). The zero-order valence-corrected chi connectivity index (χ0v) is 12.9. The average molecular weight is 270 g/mol. The molecule has 0 saturated carbocycles. The lowest BCUT2D eigenvalue weighted by atomic mass is 9.90. The Hall–Kier alpha value is -1.10. The monoisotopic (exact) mass is 270 g/mol. The molecule has 1 fully saturated rings. The number of carbonyl (C=O) groups excluding carboxylic acids is 2. The maximum atomic E-state index is 12.6. The zero-order valence-electron chi connectivity index (χ0n) is 12.9. The molecule has 5 heteroatoms. The van der Waals surface area contributed by atoms with Crippen molar-refractivity contribution in [2.45, 2.75) is 64.6 Å². The molecule has 0 aromatic carbocycles. The van der Waals surface area contributed by atoms with Crippen LogP contribution in [0.25, 0.3) is 0 Å². The first kappa shape index (κ1) is 16.0. The van der Waals surface area contributed by atoms with Gasteiger partial charge in [-0.25, -0.2) is 0 Å². The molecule has 19 heavy (non-hydrogen) atoms. The van der Waals surface area contributed by atoms with Crippen LogP contribution in [-0.2, 0) is 14.3 Å². The molecular formula is C14H26N2O3. The molecule has 2 amide bonds. The third-order valence-corrected chi connectivity index (χ3v) is 4.01. The van der Waals surface area contributed by atoms with E-state index >= 15 is 0 Å². The van der Waals surface area contributed by atoms with Gasteiger partial charge in [-0.3, -0.25) is 9.59 Å². The first-order valence-corrected chi connectivity index (χ1v) is 6.89. The van der Waals surface area contributed by atoms with Gasteiger partial charge in [-0.15, -0.1) is 0 Å². The minimum atomic E-state index is -0.799. The van der Waals surface area contributed by atoms with E-state index in [0.29, 0.717) is 19.4 Å². The lowest BCUT2D eigenvalue weighted by Gasteiger charge is -2.46. The van der Waals surface area contributed by atoms with Crippen molar-refractivity contribution >= 4 is 11.8 Å². The molecule has 5 nitrogen and oxygen atoms in total. The molecule has 1 N–H and O–H groups in total. The van der Waals surface area contributed by atoms with Crippen molar-refractivity contribution in [2.75, 3.05) is 13.7 Å². The summed E-state index contributed by atoms with van der Waals surface area (Å²) in [6.45, 7) is 9.87. The zero-order chi connectivity index (χ0) is 14.8. The van der Waals surface area contributed by atoms with Crippen molar-refractivity contribution in [3.05, 3.63) is 0 Å². The van der Waals surface area contributed by atoms with E-state index in [1.165, 1.54) is 0 Å². The number of piperazine rings is 1. The van der Waals surface area contributed by atoms with E-state index in [1.807, 2.05) is 27.7 Å². The van der Waals surface area contributed by atoms with Crippen LogP contribution in [0.15, 0.2) is 0 Å². The second kappa shape index (κ2) is 5.49. The summed E-state index contributed by atoms with van der Waals surface area (Å²) in [6.07, 6.45) is 1.19. The number of nitrogens with one attached hydrogen (secondary N) is 1. The third kappa shape index (κ3) is 3.08. The molecule has 2 atom stereocenters. The Balaban J connectivity index is 3.06. The van der Waals surface area contributed by atoms with Crippen LogP contribution in [0.2, 0.25) is 0 Å². The Morgan fingerprint density at radius 2 is 1.95 bits per heavy atom. The Morgan fingerprint density at radius 3 is 2.37 bits per heavy atom. The maximum Gasteiger partial charge on any atom is 0.248 e. The van der Waals surface area contributed by atoms with Crippen molar-refractivity contribution in [1.29, 1.82) is 0 Å². The van der Waals surface area contributed by atoms with Crippen molar-refractivity contribution in [3.8, 4) is 0 Å². The minimum Gasteiger partial charge on any atom is -0.377 e. The van der Waals surface area contributed by atoms with Crippen molar-refractivity contribution in [2.24, 2.45) is 0 Å². The van der Waals surface area contributed by atoms with Gasteiger partial charge in [0.15, 0.2) is 0 Å². The normalized spacial score (nSPS) is 28.5. The van der Waals surface area contributed by atoms with Crippen LogP contribution in [0.5, 0.6) is 0 Å². The van der Waals surface area contributed by atoms with Crippen LogP contribution in [0.4, 0.5) is 0 Å². The van der Waals surface area contributed by atoms with E-state index < -0.39 is 17.2 Å². The molecule has 0 aromatic heterocycles. The fourth-order valence-corrected chi connectivity index (χ4v) is 2.31. The van der Waals surface area contributed by atoms with Crippen LogP contribution >= 0.6 is 0 Å². The van der Waals surface area contributed by atoms with Gasteiger partial charge in [-0.2, -0.15) is 0 Å². The second-order valence-electron chi connectivity index (χ2n) is 6.00. The van der Waals surface area contributed by atoms with Gasteiger partial charge in [0.2, 0.25) is 11.8 Å². The molecule has 0 spiro atoms. The highest BCUT2D eigenvalue weighted by Crippen LogP contribution is 2.25. The molecule has 1 rings (SSSR count). The van der Waals surface area contributed by atoms with Gasteiger partial charge in [0, 0.05) is 7.11 Å². The number of rotatable bonds is 5. The molecular weight excluding hydrogens is 244 g/mol. The summed E-state index contributed by atoms with van der Waals surface area (Å²) >= 11 is 0. The quantitative estimate of drug-likeness (QED) is 0.819. The molecule has 0 bridgehead atoms. The number of ether oxygens (including phenoxy) is 1. The van der Waals surface area contributed by atoms with E-state index in [2.05, 4.69) is 5.32 Å². The first-order valence-electron chi connectivity index (χ1n) is 6.89. The topological polar surface area (TPSA) is 58.6 Å². The average Bonchev–Trinajstić information content (AvgIpc) is 2.36. The smallest absolute Gasteiger partial charge is 0.248 e. The summed E-state index contributed by atoms with van der Waals surface area (Å²) in [6, 6.07) is -0.401. The summed E-state index contributed by atoms with van der Waals surface area (Å²) < 4.78 is 5.39. The largest absolute Gasteiger partial charge is 0.377 e. The van der Waals surface area contributed by atoms with E-state index in [1.54, 1.807) is 18.9 Å². The number of nitrogens with zero attached hydrogens (tertiary/aromatic N) is 1. The van der Waals surface area contributed by atoms with Crippen LogP contribution < -0.4 is 5.32 Å². The van der Waals surface area contributed by atoms with Crippen molar-refractivity contribution < 1.29 is 14.3 Å². The molecule has 1 heterocycles. The molecule has 0 radical (unpaired) electrons. The number of hydrogen-bond acceptors (Lipinski definition) is 3. The second-order valence-corrected chi connectivity index (χ2v) is 6.00. The maximum absolute atomic E-state index is 12.6. The van der Waals surface area contributed by atoms with Gasteiger partial charge in [0.05, 0.1) is 12.1 Å². The van der Waals surface area contributed by atoms with Gasteiger partial charge in [0.1, 0.15) is 11.6 Å². The Bertz CT molecular complexity index is 368. The molecule has 0 aliphatic carbocycles. The third-order valence-electron chi connectivity index (χ3n) is 4.01. The molecule has 1 aliphatic rings. The van der Waals surface area contributed by atoms with Gasteiger partial charge < -0.3 is 15.0 Å². The number of amides is 2. The van der Waals surface area contributed by atoms with Crippen LogP contribution in [0.1, 0.15) is 47.5 Å². The summed E-state index contributed by atoms with van der Waals surface area (Å²) in [4.78, 5) is 26.5. The summed E-state index contributed by atoms with van der Waals surface area (Å²) in [5, 5.41) is 2.86. The van der Waals surface area contributed by atoms with Gasteiger partial charge in [-0.05, 0) is 33.6 Å². The lowest BCUT2D eigenvalue weighted by molar-refractivity contribution is -0.158. The lowest BCUT2D eigenvalue weighted by Crippen LogP contribution is -2.70. The van der Waals surface area contributed by atoms with Crippen LogP contribution in [0, 0.1) is 0 Å². The number of methoxy groups -OCH3 is 1. The van der Waals surface area contributed by atoms with Crippen molar-refractivity contribution in [1.82, 2.24) is 10.2 Å².